The summed E-state index contributed by atoms with van der Waals surface area (Å²) in [6, 6.07) is 3.63. The van der Waals surface area contributed by atoms with Gasteiger partial charge in [0.15, 0.2) is 0 Å². The number of rotatable bonds is 6. The summed E-state index contributed by atoms with van der Waals surface area (Å²) in [5.74, 6) is -0.296. The van der Waals surface area contributed by atoms with Crippen LogP contribution in [0.5, 0.6) is 0 Å². The van der Waals surface area contributed by atoms with Crippen LogP contribution in [0.3, 0.4) is 0 Å². The van der Waals surface area contributed by atoms with Crippen molar-refractivity contribution in [3.63, 3.8) is 0 Å². The zero-order valence-electron chi connectivity index (χ0n) is 10.7. The maximum Gasteiger partial charge on any atom is 0.264 e. The van der Waals surface area contributed by atoms with E-state index >= 15 is 0 Å². The minimum Gasteiger partial charge on any atom is -0.355 e. The van der Waals surface area contributed by atoms with Gasteiger partial charge in [0.05, 0.1) is 11.4 Å². The first-order valence-electron chi connectivity index (χ1n) is 5.82. The van der Waals surface area contributed by atoms with Gasteiger partial charge in [-0.2, -0.15) is 0 Å². The van der Waals surface area contributed by atoms with Crippen molar-refractivity contribution in [3.05, 3.63) is 22.4 Å². The molecule has 3 N–H and O–H groups in total. The lowest BCUT2D eigenvalue weighted by atomic mass is 10.2. The van der Waals surface area contributed by atoms with Gasteiger partial charge in [0, 0.05) is 19.6 Å². The Kier molecular flexibility index (Phi) is 5.80. The van der Waals surface area contributed by atoms with E-state index in [-0.39, 0.29) is 24.4 Å². The minimum atomic E-state index is -0.164. The van der Waals surface area contributed by atoms with Crippen LogP contribution in [0.1, 0.15) is 23.0 Å². The highest BCUT2D eigenvalue weighted by Crippen LogP contribution is 2.10. The van der Waals surface area contributed by atoms with E-state index in [1.807, 2.05) is 18.4 Å². The maximum absolute atomic E-state index is 11.9. The van der Waals surface area contributed by atoms with Crippen molar-refractivity contribution in [2.24, 2.45) is 5.73 Å². The third-order valence-corrected chi connectivity index (χ3v) is 3.24. The fourth-order valence-corrected chi connectivity index (χ4v) is 2.09. The summed E-state index contributed by atoms with van der Waals surface area (Å²) in [4.78, 5) is 25.5. The Bertz CT molecular complexity index is 390. The summed E-state index contributed by atoms with van der Waals surface area (Å²) in [6.45, 7) is 2.49. The Morgan fingerprint density at radius 1 is 1.56 bits per heavy atom. The summed E-state index contributed by atoms with van der Waals surface area (Å²) in [6.07, 6.45) is 0.730. The van der Waals surface area contributed by atoms with Crippen molar-refractivity contribution < 1.29 is 9.59 Å². The van der Waals surface area contributed by atoms with E-state index in [2.05, 4.69) is 5.32 Å². The van der Waals surface area contributed by atoms with Gasteiger partial charge in [0.1, 0.15) is 0 Å². The highest BCUT2D eigenvalue weighted by Gasteiger charge is 2.15. The second-order valence-electron chi connectivity index (χ2n) is 4.25. The van der Waals surface area contributed by atoms with Gasteiger partial charge in [-0.25, -0.2) is 0 Å². The van der Waals surface area contributed by atoms with Gasteiger partial charge in [0.2, 0.25) is 5.91 Å². The molecule has 1 aromatic rings. The molecule has 1 rings (SSSR count). The third-order valence-electron chi connectivity index (χ3n) is 2.38. The number of thiophene rings is 1. The number of nitrogens with zero attached hydrogens (tertiary/aromatic N) is 1. The summed E-state index contributed by atoms with van der Waals surface area (Å²) in [5, 5.41) is 4.57. The van der Waals surface area contributed by atoms with Crippen LogP contribution >= 0.6 is 11.3 Å². The molecule has 1 aromatic heterocycles. The number of likely N-dealkylation sites (N-methyl/N-ethyl adjacent to an activating group) is 1. The average Bonchev–Trinajstić information content (AvgIpc) is 2.80. The van der Waals surface area contributed by atoms with Gasteiger partial charge in [-0.15, -0.1) is 11.3 Å². The van der Waals surface area contributed by atoms with E-state index < -0.39 is 0 Å². The molecule has 5 nitrogen and oxygen atoms in total. The summed E-state index contributed by atoms with van der Waals surface area (Å²) < 4.78 is 0. The van der Waals surface area contributed by atoms with Crippen molar-refractivity contribution in [1.82, 2.24) is 10.2 Å². The molecule has 0 fully saturated rings. The molecule has 2 amide bonds. The molecule has 0 aliphatic carbocycles. The number of amides is 2. The van der Waals surface area contributed by atoms with Gasteiger partial charge in [-0.1, -0.05) is 6.07 Å². The van der Waals surface area contributed by atoms with E-state index in [9.17, 15) is 9.59 Å². The standard InChI is InChI=1S/C12H19N3O2S/c1-9(13)5-6-14-11(16)8-15(2)12(17)10-4-3-7-18-10/h3-4,7,9H,5-6,8,13H2,1-2H3,(H,14,16). The van der Waals surface area contributed by atoms with Crippen LogP contribution in [0.2, 0.25) is 0 Å². The second kappa shape index (κ2) is 7.13. The highest BCUT2D eigenvalue weighted by atomic mass is 32.1. The predicted molar refractivity (Wildman–Crippen MR) is 72.6 cm³/mol. The highest BCUT2D eigenvalue weighted by molar-refractivity contribution is 7.12. The molecule has 100 valence electrons. The Balaban J connectivity index is 2.33. The van der Waals surface area contributed by atoms with Crippen molar-refractivity contribution in [2.75, 3.05) is 20.1 Å². The molecule has 0 aromatic carbocycles. The molecule has 6 heteroatoms. The molecule has 0 spiro atoms. The number of nitrogens with two attached hydrogens (primary N) is 1. The van der Waals surface area contributed by atoms with Crippen molar-refractivity contribution in [3.8, 4) is 0 Å². The molecule has 0 radical (unpaired) electrons. The Morgan fingerprint density at radius 3 is 2.83 bits per heavy atom. The van der Waals surface area contributed by atoms with Crippen molar-refractivity contribution in [2.45, 2.75) is 19.4 Å². The first-order chi connectivity index (χ1) is 8.50. The zero-order valence-corrected chi connectivity index (χ0v) is 11.5. The fourth-order valence-electron chi connectivity index (χ4n) is 1.37. The molecular weight excluding hydrogens is 250 g/mol. The van der Waals surface area contributed by atoms with Gasteiger partial charge in [0.25, 0.3) is 5.91 Å². The Labute approximate surface area is 111 Å². The van der Waals surface area contributed by atoms with E-state index in [0.29, 0.717) is 11.4 Å². The van der Waals surface area contributed by atoms with Crippen molar-refractivity contribution in [1.29, 1.82) is 0 Å². The zero-order chi connectivity index (χ0) is 13.5. The lowest BCUT2D eigenvalue weighted by Crippen LogP contribution is -2.39. The lowest BCUT2D eigenvalue weighted by Gasteiger charge is -2.16. The summed E-state index contributed by atoms with van der Waals surface area (Å²) in [7, 11) is 1.62. The molecular formula is C12H19N3O2S. The van der Waals surface area contributed by atoms with Crippen LogP contribution < -0.4 is 11.1 Å². The monoisotopic (exact) mass is 269 g/mol. The maximum atomic E-state index is 11.9. The molecule has 1 atom stereocenters. The number of nitrogens with one attached hydrogen (secondary N) is 1. The molecule has 0 aliphatic rings. The SMILES string of the molecule is CC(N)CCNC(=O)CN(C)C(=O)c1cccs1. The predicted octanol–water partition coefficient (Wildman–Crippen LogP) is 0.674. The molecule has 1 heterocycles. The van der Waals surface area contributed by atoms with Gasteiger partial charge < -0.3 is 16.0 Å². The average molecular weight is 269 g/mol. The quantitative estimate of drug-likeness (QED) is 0.797. The van der Waals surface area contributed by atoms with Crippen molar-refractivity contribution >= 4 is 23.2 Å². The number of carbonyl (C=O) groups is 2. The van der Waals surface area contributed by atoms with E-state index in [1.54, 1.807) is 13.1 Å². The third kappa shape index (κ3) is 4.85. The smallest absolute Gasteiger partial charge is 0.264 e. The van der Waals surface area contributed by atoms with E-state index in [1.165, 1.54) is 16.2 Å². The molecule has 0 saturated heterocycles. The number of hydrogen-bond acceptors (Lipinski definition) is 4. The summed E-state index contributed by atoms with van der Waals surface area (Å²) >= 11 is 1.37. The summed E-state index contributed by atoms with van der Waals surface area (Å²) in [5.41, 5.74) is 5.58. The molecule has 18 heavy (non-hydrogen) atoms. The van der Waals surface area contributed by atoms with Gasteiger partial charge in [-0.05, 0) is 24.8 Å². The van der Waals surface area contributed by atoms with Crippen LogP contribution in [-0.2, 0) is 4.79 Å². The Hall–Kier alpha value is -1.40. The molecule has 0 bridgehead atoms. The van der Waals surface area contributed by atoms with Crippen LogP contribution in [0.4, 0.5) is 0 Å². The second-order valence-corrected chi connectivity index (χ2v) is 5.20. The minimum absolute atomic E-state index is 0.0652. The topological polar surface area (TPSA) is 75.4 Å². The van der Waals surface area contributed by atoms with E-state index in [4.69, 9.17) is 5.73 Å². The molecule has 0 aliphatic heterocycles. The number of hydrogen-bond donors (Lipinski definition) is 2. The normalized spacial score (nSPS) is 11.9. The van der Waals surface area contributed by atoms with E-state index in [0.717, 1.165) is 6.42 Å². The van der Waals surface area contributed by atoms with Crippen LogP contribution in [0.15, 0.2) is 17.5 Å². The van der Waals surface area contributed by atoms with Gasteiger partial charge >= 0.3 is 0 Å². The molecule has 1 unspecified atom stereocenters. The first-order valence-corrected chi connectivity index (χ1v) is 6.70. The fraction of sp³-hybridized carbons (Fsp3) is 0.500. The first kappa shape index (κ1) is 14.7. The molecule has 0 saturated carbocycles. The van der Waals surface area contributed by atoms with Crippen LogP contribution in [-0.4, -0.2) is 42.9 Å². The lowest BCUT2D eigenvalue weighted by molar-refractivity contribution is -0.121. The van der Waals surface area contributed by atoms with Crippen LogP contribution in [0, 0.1) is 0 Å². The largest absolute Gasteiger partial charge is 0.355 e. The van der Waals surface area contributed by atoms with Gasteiger partial charge in [-0.3, -0.25) is 9.59 Å². The van der Waals surface area contributed by atoms with Crippen LogP contribution in [0.25, 0.3) is 0 Å². The number of carbonyl (C=O) groups excluding carboxylic acids is 2. The Morgan fingerprint density at radius 2 is 2.28 bits per heavy atom.